The normalized spacial score (nSPS) is 20.1. The molecule has 0 radical (unpaired) electrons. The molecule has 124 valence electrons. The monoisotopic (exact) mass is 329 g/mol. The molecule has 0 saturated carbocycles. The lowest BCUT2D eigenvalue weighted by atomic mass is 10.2. The first-order valence-electron chi connectivity index (χ1n) is 7.38. The molecule has 1 aliphatic rings. The minimum atomic E-state index is -2.95. The highest BCUT2D eigenvalue weighted by Gasteiger charge is 2.31. The third kappa shape index (κ3) is 3.43. The minimum absolute atomic E-state index is 0.106. The number of carbonyl (C=O) groups is 1. The van der Waals surface area contributed by atoms with Gasteiger partial charge in [0, 0.05) is 18.3 Å². The molecule has 1 fully saturated rings. The second-order valence-electron chi connectivity index (χ2n) is 5.71. The van der Waals surface area contributed by atoms with Crippen molar-refractivity contribution in [1.82, 2.24) is 14.7 Å². The highest BCUT2D eigenvalue weighted by Crippen LogP contribution is 2.27. The maximum atomic E-state index is 11.7. The molecule has 1 aliphatic heterocycles. The van der Waals surface area contributed by atoms with Crippen LogP contribution >= 0.6 is 0 Å². The molecule has 2 rings (SSSR count). The van der Waals surface area contributed by atoms with E-state index < -0.39 is 9.84 Å². The van der Waals surface area contributed by atoms with E-state index in [2.05, 4.69) is 5.10 Å². The van der Waals surface area contributed by atoms with Crippen LogP contribution in [-0.2, 0) is 21.1 Å². The van der Waals surface area contributed by atoms with E-state index in [1.54, 1.807) is 18.7 Å². The topological polar surface area (TPSA) is 81.5 Å². The van der Waals surface area contributed by atoms with Crippen LogP contribution in [0, 0.1) is 13.8 Å². The Morgan fingerprint density at radius 1 is 1.45 bits per heavy atom. The van der Waals surface area contributed by atoms with E-state index >= 15 is 0 Å². The van der Waals surface area contributed by atoms with Crippen LogP contribution in [0.5, 0.6) is 0 Å². The van der Waals surface area contributed by atoms with Crippen molar-refractivity contribution in [2.45, 2.75) is 39.8 Å². The number of amides is 1. The fourth-order valence-corrected chi connectivity index (χ4v) is 4.48. The summed E-state index contributed by atoms with van der Waals surface area (Å²) in [5, 5.41) is 4.49. The summed E-state index contributed by atoms with van der Waals surface area (Å²) in [4.78, 5) is 13.2. The lowest BCUT2D eigenvalue weighted by Gasteiger charge is -2.17. The Hall–Kier alpha value is -1.57. The molecule has 0 spiro atoms. The van der Waals surface area contributed by atoms with Gasteiger partial charge in [-0.3, -0.25) is 4.68 Å². The van der Waals surface area contributed by atoms with E-state index in [-0.39, 0.29) is 23.6 Å². The lowest BCUT2D eigenvalue weighted by molar-refractivity contribution is 0.114. The van der Waals surface area contributed by atoms with Gasteiger partial charge in [-0.1, -0.05) is 0 Å². The summed E-state index contributed by atoms with van der Waals surface area (Å²) in [5.74, 6) is 0.357. The van der Waals surface area contributed by atoms with Crippen molar-refractivity contribution in [2.75, 3.05) is 25.2 Å². The number of sulfone groups is 1. The Morgan fingerprint density at radius 2 is 2.14 bits per heavy atom. The van der Waals surface area contributed by atoms with Crippen molar-refractivity contribution in [3.05, 3.63) is 17.0 Å². The summed E-state index contributed by atoms with van der Waals surface area (Å²) in [6, 6.07) is -0.106. The van der Waals surface area contributed by atoms with E-state index in [1.807, 2.05) is 13.8 Å². The second-order valence-corrected chi connectivity index (χ2v) is 7.93. The van der Waals surface area contributed by atoms with E-state index in [4.69, 9.17) is 4.74 Å². The van der Waals surface area contributed by atoms with E-state index in [1.165, 1.54) is 4.90 Å². The number of rotatable bonds is 4. The average molecular weight is 329 g/mol. The molecule has 0 N–H and O–H groups in total. The molecule has 7 nitrogen and oxygen atoms in total. The minimum Gasteiger partial charge on any atom is -0.450 e. The fraction of sp³-hybridized carbons (Fsp3) is 0.714. The van der Waals surface area contributed by atoms with Gasteiger partial charge in [-0.25, -0.2) is 13.2 Å². The van der Waals surface area contributed by atoms with Gasteiger partial charge >= 0.3 is 6.09 Å². The Bertz CT molecular complexity index is 666. The van der Waals surface area contributed by atoms with Crippen LogP contribution in [0.2, 0.25) is 0 Å². The second kappa shape index (κ2) is 6.28. The number of nitrogens with zero attached hydrogens (tertiary/aromatic N) is 3. The fourth-order valence-electron chi connectivity index (χ4n) is 2.79. The van der Waals surface area contributed by atoms with Gasteiger partial charge in [0.2, 0.25) is 0 Å². The number of aromatic nitrogens is 2. The van der Waals surface area contributed by atoms with Crippen LogP contribution in [0.3, 0.4) is 0 Å². The predicted molar refractivity (Wildman–Crippen MR) is 82.5 cm³/mol. The number of ether oxygens (including phenoxy) is 1. The van der Waals surface area contributed by atoms with Crippen LogP contribution in [0.15, 0.2) is 0 Å². The van der Waals surface area contributed by atoms with Gasteiger partial charge in [-0.05, 0) is 27.2 Å². The smallest absolute Gasteiger partial charge is 0.409 e. The van der Waals surface area contributed by atoms with Gasteiger partial charge in [0.05, 0.1) is 36.4 Å². The van der Waals surface area contributed by atoms with Crippen molar-refractivity contribution in [2.24, 2.45) is 0 Å². The summed E-state index contributed by atoms with van der Waals surface area (Å²) in [6.45, 7) is 6.29. The molecular formula is C14H23N3O4S. The third-order valence-corrected chi connectivity index (χ3v) is 5.75. The standard InChI is InChI=1S/C14H23N3O4S/c1-5-21-14(18)16(4)8-13-10(2)15-17(11(13)3)12-6-7-22(19,20)9-12/h12H,5-9H2,1-4H3/t12-/m1/s1. The Balaban J connectivity index is 2.19. The van der Waals surface area contributed by atoms with Crippen LogP contribution in [-0.4, -0.2) is 54.4 Å². The number of hydrogen-bond acceptors (Lipinski definition) is 5. The maximum absolute atomic E-state index is 11.7. The predicted octanol–water partition coefficient (Wildman–Crippen LogP) is 1.45. The van der Waals surface area contributed by atoms with Gasteiger partial charge < -0.3 is 9.64 Å². The van der Waals surface area contributed by atoms with Crippen molar-refractivity contribution in [3.63, 3.8) is 0 Å². The zero-order valence-corrected chi connectivity index (χ0v) is 14.3. The first-order valence-corrected chi connectivity index (χ1v) is 9.20. The van der Waals surface area contributed by atoms with Crippen molar-refractivity contribution in [3.8, 4) is 0 Å². The zero-order valence-electron chi connectivity index (χ0n) is 13.5. The van der Waals surface area contributed by atoms with Crippen LogP contribution < -0.4 is 0 Å². The van der Waals surface area contributed by atoms with Gasteiger partial charge in [-0.15, -0.1) is 0 Å². The highest BCUT2D eigenvalue weighted by atomic mass is 32.2. The van der Waals surface area contributed by atoms with Gasteiger partial charge in [0.15, 0.2) is 9.84 Å². The Morgan fingerprint density at radius 3 is 2.68 bits per heavy atom. The van der Waals surface area contributed by atoms with E-state index in [9.17, 15) is 13.2 Å². The van der Waals surface area contributed by atoms with Crippen LogP contribution in [0.25, 0.3) is 0 Å². The van der Waals surface area contributed by atoms with Crippen molar-refractivity contribution in [1.29, 1.82) is 0 Å². The molecule has 0 unspecified atom stereocenters. The Kier molecular flexibility index (Phi) is 4.79. The summed E-state index contributed by atoms with van der Waals surface area (Å²) in [6.07, 6.45) is 0.217. The lowest BCUT2D eigenvalue weighted by Crippen LogP contribution is -2.27. The quantitative estimate of drug-likeness (QED) is 0.835. The molecular weight excluding hydrogens is 306 g/mol. The Labute approximate surface area is 131 Å². The van der Waals surface area contributed by atoms with Crippen molar-refractivity contribution >= 4 is 15.9 Å². The summed E-state index contributed by atoms with van der Waals surface area (Å²) in [7, 11) is -1.28. The largest absolute Gasteiger partial charge is 0.450 e. The summed E-state index contributed by atoms with van der Waals surface area (Å²) < 4.78 is 30.1. The molecule has 0 aromatic carbocycles. The summed E-state index contributed by atoms with van der Waals surface area (Å²) in [5.41, 5.74) is 2.67. The first kappa shape index (κ1) is 16.8. The van der Waals surface area contributed by atoms with Gasteiger partial charge in [-0.2, -0.15) is 5.10 Å². The van der Waals surface area contributed by atoms with E-state index in [0.717, 1.165) is 17.0 Å². The molecule has 8 heteroatoms. The van der Waals surface area contributed by atoms with E-state index in [0.29, 0.717) is 19.6 Å². The molecule has 1 amide bonds. The number of hydrogen-bond donors (Lipinski definition) is 0. The van der Waals surface area contributed by atoms with Crippen molar-refractivity contribution < 1.29 is 17.9 Å². The van der Waals surface area contributed by atoms with Gasteiger partial charge in [0.1, 0.15) is 0 Å². The molecule has 0 bridgehead atoms. The molecule has 22 heavy (non-hydrogen) atoms. The maximum Gasteiger partial charge on any atom is 0.409 e. The molecule has 1 aromatic heterocycles. The number of aryl methyl sites for hydroxylation is 1. The summed E-state index contributed by atoms with van der Waals surface area (Å²) >= 11 is 0. The average Bonchev–Trinajstić information content (AvgIpc) is 2.92. The van der Waals surface area contributed by atoms with Crippen LogP contribution in [0.1, 0.15) is 36.3 Å². The molecule has 2 heterocycles. The van der Waals surface area contributed by atoms with Gasteiger partial charge in [0.25, 0.3) is 0 Å². The molecule has 1 aromatic rings. The molecule has 1 atom stereocenters. The SMILES string of the molecule is CCOC(=O)N(C)Cc1c(C)nn([C@@H]2CCS(=O)(=O)C2)c1C. The third-order valence-electron chi connectivity index (χ3n) is 4.00. The number of carbonyl (C=O) groups excluding carboxylic acids is 1. The molecule has 0 aliphatic carbocycles. The highest BCUT2D eigenvalue weighted by molar-refractivity contribution is 7.91. The van der Waals surface area contributed by atoms with Crippen LogP contribution in [0.4, 0.5) is 4.79 Å². The molecule has 1 saturated heterocycles. The first-order chi connectivity index (χ1) is 10.2. The zero-order chi connectivity index (χ0) is 16.5.